The molecule has 4 unspecified atom stereocenters. The van der Waals surface area contributed by atoms with Gasteiger partial charge in [0.1, 0.15) is 6.10 Å². The molecule has 92 valence electrons. The van der Waals surface area contributed by atoms with Gasteiger partial charge in [-0.25, -0.2) is 0 Å². The first kappa shape index (κ1) is 12.4. The van der Waals surface area contributed by atoms with E-state index in [1.165, 1.54) is 12.8 Å². The van der Waals surface area contributed by atoms with Gasteiger partial charge in [0.2, 0.25) is 5.91 Å². The molecule has 3 nitrogen and oxygen atoms in total. The summed E-state index contributed by atoms with van der Waals surface area (Å²) in [5, 5.41) is 3.13. The first-order chi connectivity index (χ1) is 7.68. The van der Waals surface area contributed by atoms with E-state index in [-0.39, 0.29) is 18.1 Å². The highest BCUT2D eigenvalue weighted by molar-refractivity contribution is 9.09. The quantitative estimate of drug-likeness (QED) is 0.792. The summed E-state index contributed by atoms with van der Waals surface area (Å²) in [6.07, 6.45) is 5.50. The highest BCUT2D eigenvalue weighted by atomic mass is 79.9. The lowest BCUT2D eigenvalue weighted by atomic mass is 9.94. The second-order valence-corrected chi connectivity index (χ2v) is 6.15. The fourth-order valence-electron chi connectivity index (χ4n) is 2.54. The monoisotopic (exact) mass is 289 g/mol. The van der Waals surface area contributed by atoms with Gasteiger partial charge in [-0.3, -0.25) is 4.79 Å². The average molecular weight is 290 g/mol. The van der Waals surface area contributed by atoms with E-state index in [1.54, 1.807) is 0 Å². The molecular formula is C12H20BrNO2. The molecule has 2 aliphatic rings. The van der Waals surface area contributed by atoms with Gasteiger partial charge in [-0.1, -0.05) is 35.7 Å². The third-order valence-electron chi connectivity index (χ3n) is 3.66. The maximum atomic E-state index is 12.0. The third kappa shape index (κ3) is 2.77. The summed E-state index contributed by atoms with van der Waals surface area (Å²) >= 11 is 3.65. The molecule has 0 bridgehead atoms. The summed E-state index contributed by atoms with van der Waals surface area (Å²) in [5.41, 5.74) is 0. The van der Waals surface area contributed by atoms with E-state index in [0.29, 0.717) is 10.7 Å². The molecule has 0 radical (unpaired) electrons. The Hall–Kier alpha value is -0.0900. The van der Waals surface area contributed by atoms with E-state index in [9.17, 15) is 4.79 Å². The first-order valence-electron chi connectivity index (χ1n) is 6.24. The number of rotatable bonds is 2. The molecule has 4 atom stereocenters. The molecular weight excluding hydrogens is 270 g/mol. The number of hydrogen-bond donors (Lipinski definition) is 1. The van der Waals surface area contributed by atoms with E-state index >= 15 is 0 Å². The lowest BCUT2D eigenvalue weighted by Crippen LogP contribution is -2.47. The molecule has 0 aromatic heterocycles. The van der Waals surface area contributed by atoms with Crippen molar-refractivity contribution in [2.75, 3.05) is 6.61 Å². The summed E-state index contributed by atoms with van der Waals surface area (Å²) in [6.45, 7) is 2.81. The second-order valence-electron chi connectivity index (χ2n) is 4.97. The van der Waals surface area contributed by atoms with Crippen LogP contribution in [-0.2, 0) is 9.53 Å². The van der Waals surface area contributed by atoms with Crippen molar-refractivity contribution in [3.8, 4) is 0 Å². The summed E-state index contributed by atoms with van der Waals surface area (Å²) in [4.78, 5) is 12.4. The van der Waals surface area contributed by atoms with Crippen molar-refractivity contribution in [2.24, 2.45) is 5.92 Å². The van der Waals surface area contributed by atoms with Crippen LogP contribution < -0.4 is 5.32 Å². The van der Waals surface area contributed by atoms with Crippen molar-refractivity contribution in [1.29, 1.82) is 0 Å². The van der Waals surface area contributed by atoms with Crippen molar-refractivity contribution >= 4 is 21.8 Å². The zero-order chi connectivity index (χ0) is 11.5. The van der Waals surface area contributed by atoms with Crippen molar-refractivity contribution in [3.05, 3.63) is 0 Å². The maximum Gasteiger partial charge on any atom is 0.249 e. The summed E-state index contributed by atoms with van der Waals surface area (Å²) in [6, 6.07) is 0.289. The highest BCUT2D eigenvalue weighted by Crippen LogP contribution is 2.26. The van der Waals surface area contributed by atoms with E-state index < -0.39 is 0 Å². The predicted octanol–water partition coefficient (Wildman–Crippen LogP) is 2.23. The number of carbonyl (C=O) groups is 1. The third-order valence-corrected chi connectivity index (χ3v) is 4.75. The lowest BCUT2D eigenvalue weighted by molar-refractivity contribution is -0.132. The Morgan fingerprint density at radius 2 is 2.06 bits per heavy atom. The van der Waals surface area contributed by atoms with Gasteiger partial charge in [0.15, 0.2) is 0 Å². The van der Waals surface area contributed by atoms with Crippen LogP contribution in [0.2, 0.25) is 0 Å². The van der Waals surface area contributed by atoms with Crippen molar-refractivity contribution in [3.63, 3.8) is 0 Å². The van der Waals surface area contributed by atoms with Gasteiger partial charge in [0.05, 0.1) is 0 Å². The Kier molecular flexibility index (Phi) is 4.25. The molecule has 2 rings (SSSR count). The van der Waals surface area contributed by atoms with Gasteiger partial charge in [-0.05, 0) is 25.2 Å². The van der Waals surface area contributed by atoms with Crippen LogP contribution >= 0.6 is 15.9 Å². The maximum absolute atomic E-state index is 12.0. The van der Waals surface area contributed by atoms with Crippen LogP contribution in [0.1, 0.15) is 39.0 Å². The van der Waals surface area contributed by atoms with Crippen molar-refractivity contribution in [1.82, 2.24) is 5.32 Å². The minimum Gasteiger partial charge on any atom is -0.368 e. The smallest absolute Gasteiger partial charge is 0.249 e. The lowest BCUT2D eigenvalue weighted by Gasteiger charge is -2.29. The molecule has 0 spiro atoms. The van der Waals surface area contributed by atoms with Crippen LogP contribution in [0.4, 0.5) is 0 Å². The molecule has 1 N–H and O–H groups in total. The minimum atomic E-state index is -0.221. The summed E-state index contributed by atoms with van der Waals surface area (Å²) in [7, 11) is 0. The Balaban J connectivity index is 1.86. The number of carbonyl (C=O) groups excluding carboxylic acids is 1. The molecule has 1 aliphatic carbocycles. The zero-order valence-corrected chi connectivity index (χ0v) is 11.3. The molecule has 1 heterocycles. The molecule has 2 fully saturated rings. The molecule has 0 aromatic carbocycles. The van der Waals surface area contributed by atoms with Crippen LogP contribution in [0.15, 0.2) is 0 Å². The average Bonchev–Trinajstić information content (AvgIpc) is 2.68. The molecule has 4 heteroatoms. The second kappa shape index (κ2) is 5.50. The van der Waals surface area contributed by atoms with E-state index in [1.807, 2.05) is 0 Å². The summed E-state index contributed by atoms with van der Waals surface area (Å²) in [5.74, 6) is 0.443. The molecule has 16 heavy (non-hydrogen) atoms. The van der Waals surface area contributed by atoms with Crippen LogP contribution in [-0.4, -0.2) is 29.5 Å². The van der Waals surface area contributed by atoms with Crippen molar-refractivity contribution < 1.29 is 9.53 Å². The normalized spacial score (nSPS) is 39.6. The fraction of sp³-hybridized carbons (Fsp3) is 0.917. The molecule has 1 aliphatic heterocycles. The highest BCUT2D eigenvalue weighted by Gasteiger charge is 2.33. The minimum absolute atomic E-state index is 0.0846. The van der Waals surface area contributed by atoms with Crippen molar-refractivity contribution in [2.45, 2.75) is 56.0 Å². The molecule has 0 aromatic rings. The number of alkyl halides is 1. The first-order valence-corrected chi connectivity index (χ1v) is 7.16. The number of hydrogen-bond acceptors (Lipinski definition) is 2. The number of ether oxygens (including phenoxy) is 1. The Labute approximate surface area is 105 Å². The Bertz CT molecular complexity index is 259. The van der Waals surface area contributed by atoms with E-state index in [0.717, 1.165) is 25.9 Å². The molecule has 1 saturated carbocycles. The topological polar surface area (TPSA) is 38.3 Å². The van der Waals surface area contributed by atoms with Gasteiger partial charge in [-0.2, -0.15) is 0 Å². The molecule has 1 amide bonds. The van der Waals surface area contributed by atoms with Crippen LogP contribution in [0, 0.1) is 5.92 Å². The van der Waals surface area contributed by atoms with Gasteiger partial charge in [0.25, 0.3) is 0 Å². The fourth-order valence-corrected chi connectivity index (χ4v) is 3.26. The van der Waals surface area contributed by atoms with E-state index in [2.05, 4.69) is 28.2 Å². The Morgan fingerprint density at radius 1 is 1.31 bits per heavy atom. The van der Waals surface area contributed by atoms with E-state index in [4.69, 9.17) is 4.74 Å². The SMILES string of the molecule is CC1CCOC1C(=O)NC1CCCCC1Br. The molecule has 1 saturated heterocycles. The van der Waals surface area contributed by atoms with Gasteiger partial charge in [-0.15, -0.1) is 0 Å². The Morgan fingerprint density at radius 3 is 2.69 bits per heavy atom. The van der Waals surface area contributed by atoms with Crippen LogP contribution in [0.5, 0.6) is 0 Å². The standard InChI is InChI=1S/C12H20BrNO2/c1-8-6-7-16-11(8)12(15)14-10-5-3-2-4-9(10)13/h8-11H,2-7H2,1H3,(H,14,15). The number of halogens is 1. The zero-order valence-electron chi connectivity index (χ0n) is 9.75. The number of nitrogens with one attached hydrogen (secondary N) is 1. The number of amides is 1. The predicted molar refractivity (Wildman–Crippen MR) is 66.6 cm³/mol. The van der Waals surface area contributed by atoms with Gasteiger partial charge in [0, 0.05) is 17.5 Å². The van der Waals surface area contributed by atoms with Crippen LogP contribution in [0.3, 0.4) is 0 Å². The van der Waals surface area contributed by atoms with Gasteiger partial charge >= 0.3 is 0 Å². The summed E-state index contributed by atoms with van der Waals surface area (Å²) < 4.78 is 5.48. The van der Waals surface area contributed by atoms with Crippen LogP contribution in [0.25, 0.3) is 0 Å². The largest absolute Gasteiger partial charge is 0.368 e. The van der Waals surface area contributed by atoms with Gasteiger partial charge < -0.3 is 10.1 Å².